The van der Waals surface area contributed by atoms with Gasteiger partial charge in [-0.05, 0) is 7.05 Å². The Morgan fingerprint density at radius 1 is 1.29 bits per heavy atom. The van der Waals surface area contributed by atoms with Crippen LogP contribution in [0.1, 0.15) is 13.8 Å². The molecule has 0 aromatic carbocycles. The van der Waals surface area contributed by atoms with Crippen LogP contribution in [0.5, 0.6) is 0 Å². The first-order valence-corrected chi connectivity index (χ1v) is 5.53. The lowest BCUT2D eigenvalue weighted by molar-refractivity contribution is 0.131. The highest BCUT2D eigenvalue weighted by molar-refractivity contribution is 7.80. The third-order valence-corrected chi connectivity index (χ3v) is 3.43. The van der Waals surface area contributed by atoms with Crippen LogP contribution in [0, 0.1) is 5.41 Å². The van der Waals surface area contributed by atoms with Crippen molar-refractivity contribution in [2.24, 2.45) is 11.1 Å². The van der Waals surface area contributed by atoms with Crippen molar-refractivity contribution in [2.75, 3.05) is 39.8 Å². The van der Waals surface area contributed by atoms with Crippen molar-refractivity contribution < 1.29 is 0 Å². The molecule has 1 rings (SSSR count). The first-order valence-electron chi connectivity index (χ1n) is 5.12. The summed E-state index contributed by atoms with van der Waals surface area (Å²) in [7, 11) is 2.16. The fourth-order valence-electron chi connectivity index (χ4n) is 1.64. The van der Waals surface area contributed by atoms with E-state index in [1.807, 2.05) is 0 Å². The number of thiocarbonyl (C=S) groups is 1. The quantitative estimate of drug-likeness (QED) is 0.697. The summed E-state index contributed by atoms with van der Waals surface area (Å²) in [5.41, 5.74) is 5.67. The van der Waals surface area contributed by atoms with Crippen molar-refractivity contribution >= 4 is 17.2 Å². The summed E-state index contributed by atoms with van der Waals surface area (Å²) in [6.07, 6.45) is 0. The Hall–Kier alpha value is -0.190. The lowest BCUT2D eigenvalue weighted by Crippen LogP contribution is -2.49. The number of hydrogen-bond donors (Lipinski definition) is 1. The molecule has 0 saturated carbocycles. The molecule has 1 heterocycles. The average Bonchev–Trinajstić information content (AvgIpc) is 2.08. The minimum atomic E-state index is -0.0365. The van der Waals surface area contributed by atoms with Gasteiger partial charge in [0.1, 0.15) is 0 Å². The first-order chi connectivity index (χ1) is 6.42. The fraction of sp³-hybridized carbons (Fsp3) is 0.900. The highest BCUT2D eigenvalue weighted by atomic mass is 32.1. The second-order valence-electron chi connectivity index (χ2n) is 4.83. The Bertz CT molecular complexity index is 207. The maximum Gasteiger partial charge on any atom is 0.0797 e. The van der Waals surface area contributed by atoms with Gasteiger partial charge in [-0.15, -0.1) is 0 Å². The molecule has 0 unspecified atom stereocenters. The maximum atomic E-state index is 5.71. The number of hydrogen-bond acceptors (Lipinski definition) is 3. The Kier molecular flexibility index (Phi) is 3.86. The van der Waals surface area contributed by atoms with Crippen molar-refractivity contribution in [1.82, 2.24) is 9.80 Å². The summed E-state index contributed by atoms with van der Waals surface area (Å²) in [4.78, 5) is 5.42. The van der Waals surface area contributed by atoms with Crippen LogP contribution < -0.4 is 5.73 Å². The van der Waals surface area contributed by atoms with E-state index in [4.69, 9.17) is 18.0 Å². The molecule has 3 nitrogen and oxygen atoms in total. The van der Waals surface area contributed by atoms with Crippen LogP contribution in [-0.2, 0) is 0 Å². The van der Waals surface area contributed by atoms with Crippen molar-refractivity contribution in [3.63, 3.8) is 0 Å². The van der Waals surface area contributed by atoms with Crippen LogP contribution in [0.25, 0.3) is 0 Å². The number of rotatable bonds is 3. The van der Waals surface area contributed by atoms with Crippen molar-refractivity contribution in [3.05, 3.63) is 0 Å². The molecule has 0 spiro atoms. The van der Waals surface area contributed by atoms with E-state index in [1.165, 1.54) is 0 Å². The molecule has 82 valence electrons. The van der Waals surface area contributed by atoms with Crippen LogP contribution in [0.4, 0.5) is 0 Å². The highest BCUT2D eigenvalue weighted by Gasteiger charge is 2.26. The fourth-order valence-corrected chi connectivity index (χ4v) is 1.71. The molecule has 0 bridgehead atoms. The maximum absolute atomic E-state index is 5.71. The topological polar surface area (TPSA) is 32.5 Å². The minimum absolute atomic E-state index is 0.0365. The Balaban J connectivity index is 2.41. The molecule has 0 aromatic heterocycles. The molecule has 0 aliphatic carbocycles. The predicted molar refractivity (Wildman–Crippen MR) is 64.5 cm³/mol. The Morgan fingerprint density at radius 2 is 1.79 bits per heavy atom. The minimum Gasteiger partial charge on any atom is -0.393 e. The molecule has 14 heavy (non-hydrogen) atoms. The molecule has 1 aliphatic heterocycles. The SMILES string of the molecule is CN1CCN(CC(C)(C)C(N)=S)CC1. The van der Waals surface area contributed by atoms with E-state index in [0.717, 1.165) is 32.7 Å². The van der Waals surface area contributed by atoms with E-state index >= 15 is 0 Å². The summed E-state index contributed by atoms with van der Waals surface area (Å²) in [5.74, 6) is 0. The van der Waals surface area contributed by atoms with E-state index in [0.29, 0.717) is 4.99 Å². The summed E-state index contributed by atoms with van der Waals surface area (Å²) in [5, 5.41) is 0. The van der Waals surface area contributed by atoms with Crippen molar-refractivity contribution in [3.8, 4) is 0 Å². The smallest absolute Gasteiger partial charge is 0.0797 e. The zero-order valence-corrected chi connectivity index (χ0v) is 10.2. The molecule has 0 radical (unpaired) electrons. The number of piperazine rings is 1. The number of likely N-dealkylation sites (N-methyl/N-ethyl adjacent to an activating group) is 1. The predicted octanol–water partition coefficient (Wildman–Crippen LogP) is 0.546. The van der Waals surface area contributed by atoms with Gasteiger partial charge in [0, 0.05) is 38.1 Å². The molecular weight excluding hydrogens is 194 g/mol. The second kappa shape index (κ2) is 4.55. The van der Waals surface area contributed by atoms with Gasteiger partial charge in [0.15, 0.2) is 0 Å². The van der Waals surface area contributed by atoms with Crippen LogP contribution in [0.2, 0.25) is 0 Å². The van der Waals surface area contributed by atoms with Gasteiger partial charge < -0.3 is 10.6 Å². The van der Waals surface area contributed by atoms with Crippen LogP contribution in [0.15, 0.2) is 0 Å². The summed E-state index contributed by atoms with van der Waals surface area (Å²) < 4.78 is 0. The molecule has 2 N–H and O–H groups in total. The molecular formula is C10H21N3S. The summed E-state index contributed by atoms with van der Waals surface area (Å²) >= 11 is 5.06. The first kappa shape index (κ1) is 11.9. The summed E-state index contributed by atoms with van der Waals surface area (Å²) in [6, 6.07) is 0. The van der Waals surface area contributed by atoms with Gasteiger partial charge >= 0.3 is 0 Å². The van der Waals surface area contributed by atoms with Gasteiger partial charge in [-0.2, -0.15) is 0 Å². The van der Waals surface area contributed by atoms with Gasteiger partial charge in [0.2, 0.25) is 0 Å². The third kappa shape index (κ3) is 3.19. The zero-order chi connectivity index (χ0) is 10.8. The average molecular weight is 215 g/mol. The third-order valence-electron chi connectivity index (χ3n) is 2.88. The Morgan fingerprint density at radius 3 is 2.21 bits per heavy atom. The molecule has 1 fully saturated rings. The second-order valence-corrected chi connectivity index (χ2v) is 5.27. The van der Waals surface area contributed by atoms with E-state index in [9.17, 15) is 0 Å². The van der Waals surface area contributed by atoms with Crippen molar-refractivity contribution in [1.29, 1.82) is 0 Å². The number of nitrogens with two attached hydrogens (primary N) is 1. The van der Waals surface area contributed by atoms with Crippen LogP contribution in [0.3, 0.4) is 0 Å². The monoisotopic (exact) mass is 215 g/mol. The van der Waals surface area contributed by atoms with Crippen molar-refractivity contribution in [2.45, 2.75) is 13.8 Å². The van der Waals surface area contributed by atoms with E-state index < -0.39 is 0 Å². The molecule has 0 aromatic rings. The molecule has 1 aliphatic rings. The lowest BCUT2D eigenvalue weighted by atomic mass is 9.92. The van der Waals surface area contributed by atoms with E-state index in [-0.39, 0.29) is 5.41 Å². The molecule has 0 amide bonds. The highest BCUT2D eigenvalue weighted by Crippen LogP contribution is 2.18. The Labute approximate surface area is 92.2 Å². The van der Waals surface area contributed by atoms with Gasteiger partial charge in [-0.3, -0.25) is 4.90 Å². The van der Waals surface area contributed by atoms with Gasteiger partial charge in [0.05, 0.1) is 4.99 Å². The largest absolute Gasteiger partial charge is 0.393 e. The van der Waals surface area contributed by atoms with Gasteiger partial charge in [-0.1, -0.05) is 26.1 Å². The van der Waals surface area contributed by atoms with Gasteiger partial charge in [-0.25, -0.2) is 0 Å². The zero-order valence-electron chi connectivity index (χ0n) is 9.42. The molecule has 1 saturated heterocycles. The molecule has 4 heteroatoms. The van der Waals surface area contributed by atoms with Crippen LogP contribution >= 0.6 is 12.2 Å². The van der Waals surface area contributed by atoms with E-state index in [2.05, 4.69) is 30.7 Å². The summed E-state index contributed by atoms with van der Waals surface area (Å²) in [6.45, 7) is 9.77. The number of nitrogens with zero attached hydrogens (tertiary/aromatic N) is 2. The lowest BCUT2D eigenvalue weighted by Gasteiger charge is -2.37. The van der Waals surface area contributed by atoms with E-state index in [1.54, 1.807) is 0 Å². The standard InChI is InChI=1S/C10H21N3S/c1-10(2,9(11)14)8-13-6-4-12(3)5-7-13/h4-8H2,1-3H3,(H2,11,14). The molecule has 0 atom stereocenters. The van der Waals surface area contributed by atoms with Crippen LogP contribution in [-0.4, -0.2) is 54.6 Å². The normalized spacial score (nSPS) is 21.1. The van der Waals surface area contributed by atoms with Gasteiger partial charge in [0.25, 0.3) is 0 Å².